The van der Waals surface area contributed by atoms with E-state index in [-0.39, 0.29) is 12.1 Å². The normalized spacial score (nSPS) is 21.7. The van der Waals surface area contributed by atoms with Gasteiger partial charge in [-0.3, -0.25) is 0 Å². The third-order valence-electron chi connectivity index (χ3n) is 4.66. The van der Waals surface area contributed by atoms with Gasteiger partial charge in [0, 0.05) is 35.2 Å². The lowest BCUT2D eigenvalue weighted by Gasteiger charge is -2.39. The summed E-state index contributed by atoms with van der Waals surface area (Å²) in [6.45, 7) is 1.08. The van der Waals surface area contributed by atoms with E-state index in [0.717, 1.165) is 17.5 Å². The first kappa shape index (κ1) is 19.6. The van der Waals surface area contributed by atoms with Crippen LogP contribution in [-0.4, -0.2) is 44.2 Å². The minimum atomic E-state index is -3.29. The molecule has 0 aliphatic carbocycles. The molecule has 26 heavy (non-hydrogen) atoms. The van der Waals surface area contributed by atoms with Crippen LogP contribution in [0.2, 0.25) is 10.0 Å². The lowest BCUT2D eigenvalue weighted by atomic mass is 10.00. The Morgan fingerprint density at radius 2 is 1.46 bits per heavy atom. The van der Waals surface area contributed by atoms with Gasteiger partial charge in [-0.2, -0.15) is 4.31 Å². The van der Waals surface area contributed by atoms with Crippen LogP contribution in [0.25, 0.3) is 0 Å². The van der Waals surface area contributed by atoms with Crippen LogP contribution in [0, 0.1) is 0 Å². The Morgan fingerprint density at radius 3 is 1.96 bits per heavy atom. The van der Waals surface area contributed by atoms with Gasteiger partial charge in [-0.1, -0.05) is 47.5 Å². The predicted molar refractivity (Wildman–Crippen MR) is 107 cm³/mol. The molecule has 2 aromatic rings. The summed E-state index contributed by atoms with van der Waals surface area (Å²) in [4.78, 5) is 0. The molecule has 1 aliphatic heterocycles. The van der Waals surface area contributed by atoms with Gasteiger partial charge in [-0.05, 0) is 48.2 Å². The summed E-state index contributed by atoms with van der Waals surface area (Å²) in [5, 5.41) is 4.88. The summed E-state index contributed by atoms with van der Waals surface area (Å²) in [5.41, 5.74) is 2.21. The second-order valence-electron chi connectivity index (χ2n) is 6.75. The van der Waals surface area contributed by atoms with E-state index in [0.29, 0.717) is 29.6 Å². The molecule has 3 rings (SSSR count). The number of piperazine rings is 1. The Hall–Kier alpha value is -1.11. The van der Waals surface area contributed by atoms with Crippen LogP contribution in [0.5, 0.6) is 0 Å². The molecule has 4 nitrogen and oxygen atoms in total. The van der Waals surface area contributed by atoms with Crippen molar-refractivity contribution in [3.8, 4) is 0 Å². The molecule has 1 unspecified atom stereocenters. The van der Waals surface area contributed by atoms with E-state index in [1.54, 1.807) is 4.31 Å². The van der Waals surface area contributed by atoms with Gasteiger partial charge in [-0.25, -0.2) is 8.42 Å². The van der Waals surface area contributed by atoms with Crippen molar-refractivity contribution in [3.05, 3.63) is 69.7 Å². The molecule has 1 heterocycles. The van der Waals surface area contributed by atoms with Gasteiger partial charge in [0.05, 0.1) is 6.26 Å². The number of sulfonamides is 1. The number of rotatable bonds is 5. The molecular formula is C19H22Cl2N2O2S. The fraction of sp³-hybridized carbons (Fsp3) is 0.368. The van der Waals surface area contributed by atoms with Crippen molar-refractivity contribution in [2.75, 3.05) is 19.3 Å². The topological polar surface area (TPSA) is 49.4 Å². The molecule has 140 valence electrons. The molecule has 1 aliphatic rings. The molecule has 0 aromatic heterocycles. The van der Waals surface area contributed by atoms with Crippen LogP contribution in [0.15, 0.2) is 48.5 Å². The highest BCUT2D eigenvalue weighted by atomic mass is 35.5. The number of hydrogen-bond donors (Lipinski definition) is 1. The van der Waals surface area contributed by atoms with Crippen molar-refractivity contribution < 1.29 is 8.42 Å². The van der Waals surface area contributed by atoms with Crippen LogP contribution in [0.4, 0.5) is 0 Å². The third-order valence-corrected chi connectivity index (χ3v) is 6.46. The monoisotopic (exact) mass is 412 g/mol. The average Bonchev–Trinajstić information content (AvgIpc) is 2.59. The van der Waals surface area contributed by atoms with Crippen LogP contribution in [-0.2, 0) is 22.9 Å². The SMILES string of the molecule is CS(=O)(=O)N1CC(Cc2ccc(Cl)cc2)NC[C@@H]1Cc1ccc(Cl)cc1. The van der Waals surface area contributed by atoms with E-state index in [1.165, 1.54) is 6.26 Å². The smallest absolute Gasteiger partial charge is 0.211 e. The predicted octanol–water partition coefficient (Wildman–Crippen LogP) is 3.38. The van der Waals surface area contributed by atoms with E-state index in [4.69, 9.17) is 23.2 Å². The lowest BCUT2D eigenvalue weighted by molar-refractivity contribution is 0.222. The Kier molecular flexibility index (Phi) is 6.25. The highest BCUT2D eigenvalue weighted by Crippen LogP contribution is 2.20. The summed E-state index contributed by atoms with van der Waals surface area (Å²) in [5.74, 6) is 0. The molecule has 7 heteroatoms. The van der Waals surface area contributed by atoms with Crippen molar-refractivity contribution in [2.45, 2.75) is 24.9 Å². The maximum absolute atomic E-state index is 12.3. The fourth-order valence-electron chi connectivity index (χ4n) is 3.35. The number of nitrogens with one attached hydrogen (secondary N) is 1. The highest BCUT2D eigenvalue weighted by Gasteiger charge is 2.33. The molecule has 1 fully saturated rings. The minimum absolute atomic E-state index is 0.0763. The van der Waals surface area contributed by atoms with Crippen molar-refractivity contribution >= 4 is 33.2 Å². The van der Waals surface area contributed by atoms with Crippen LogP contribution >= 0.6 is 23.2 Å². The Balaban J connectivity index is 1.71. The molecule has 2 atom stereocenters. The van der Waals surface area contributed by atoms with Gasteiger partial charge in [-0.15, -0.1) is 0 Å². The third kappa shape index (κ3) is 5.21. The van der Waals surface area contributed by atoms with E-state index in [9.17, 15) is 8.42 Å². The first-order valence-electron chi connectivity index (χ1n) is 8.50. The van der Waals surface area contributed by atoms with Gasteiger partial charge in [0.2, 0.25) is 10.0 Å². The largest absolute Gasteiger partial charge is 0.311 e. The highest BCUT2D eigenvalue weighted by molar-refractivity contribution is 7.88. The molecule has 2 aromatic carbocycles. The molecule has 0 amide bonds. The first-order chi connectivity index (χ1) is 12.3. The van der Waals surface area contributed by atoms with Gasteiger partial charge < -0.3 is 5.32 Å². The maximum atomic E-state index is 12.3. The zero-order valence-corrected chi connectivity index (χ0v) is 16.9. The zero-order valence-electron chi connectivity index (χ0n) is 14.5. The van der Waals surface area contributed by atoms with E-state index < -0.39 is 10.0 Å². The van der Waals surface area contributed by atoms with Crippen LogP contribution in [0.3, 0.4) is 0 Å². The molecule has 1 saturated heterocycles. The van der Waals surface area contributed by atoms with Crippen molar-refractivity contribution in [1.29, 1.82) is 0 Å². The summed E-state index contributed by atoms with van der Waals surface area (Å²) >= 11 is 11.9. The standard InChI is InChI=1S/C19H22Cl2N2O2S/c1-26(24,25)23-13-18(10-14-2-6-16(20)7-3-14)22-12-19(23)11-15-4-8-17(21)9-5-15/h2-9,18-19,22H,10-13H2,1H3/t18?,19-/m0/s1. The number of benzene rings is 2. The zero-order chi connectivity index (χ0) is 18.7. The molecule has 0 bridgehead atoms. The Bertz CT molecular complexity index is 839. The van der Waals surface area contributed by atoms with Crippen LogP contribution < -0.4 is 5.32 Å². The summed E-state index contributed by atoms with van der Waals surface area (Å²) in [6, 6.07) is 15.2. The Morgan fingerprint density at radius 1 is 0.962 bits per heavy atom. The molecule has 1 N–H and O–H groups in total. The molecular weight excluding hydrogens is 391 g/mol. The number of nitrogens with zero attached hydrogens (tertiary/aromatic N) is 1. The van der Waals surface area contributed by atoms with Gasteiger partial charge in [0.1, 0.15) is 0 Å². The number of hydrogen-bond acceptors (Lipinski definition) is 3. The van der Waals surface area contributed by atoms with Crippen molar-refractivity contribution in [2.24, 2.45) is 0 Å². The number of halogens is 2. The van der Waals surface area contributed by atoms with Crippen LogP contribution in [0.1, 0.15) is 11.1 Å². The lowest BCUT2D eigenvalue weighted by Crippen LogP contribution is -2.59. The van der Waals surface area contributed by atoms with Crippen molar-refractivity contribution in [3.63, 3.8) is 0 Å². The summed E-state index contributed by atoms with van der Waals surface area (Å²) < 4.78 is 26.3. The molecule has 0 radical (unpaired) electrons. The summed E-state index contributed by atoms with van der Waals surface area (Å²) in [6.07, 6.45) is 2.70. The summed E-state index contributed by atoms with van der Waals surface area (Å²) in [7, 11) is -3.29. The van der Waals surface area contributed by atoms with Gasteiger partial charge in [0.15, 0.2) is 0 Å². The van der Waals surface area contributed by atoms with E-state index in [2.05, 4.69) is 5.32 Å². The van der Waals surface area contributed by atoms with Gasteiger partial charge in [0.25, 0.3) is 0 Å². The molecule has 0 spiro atoms. The first-order valence-corrected chi connectivity index (χ1v) is 11.1. The second-order valence-corrected chi connectivity index (χ2v) is 9.56. The second kappa shape index (κ2) is 8.28. The van der Waals surface area contributed by atoms with Gasteiger partial charge >= 0.3 is 0 Å². The van der Waals surface area contributed by atoms with E-state index in [1.807, 2.05) is 48.5 Å². The van der Waals surface area contributed by atoms with E-state index >= 15 is 0 Å². The Labute approximate surface area is 165 Å². The maximum Gasteiger partial charge on any atom is 0.211 e. The minimum Gasteiger partial charge on any atom is -0.311 e. The quantitative estimate of drug-likeness (QED) is 0.818. The fourth-order valence-corrected chi connectivity index (χ4v) is 4.74. The average molecular weight is 413 g/mol. The molecule has 0 saturated carbocycles. The van der Waals surface area contributed by atoms with Crippen molar-refractivity contribution in [1.82, 2.24) is 9.62 Å².